The second-order valence-corrected chi connectivity index (χ2v) is 0. The van der Waals surface area contributed by atoms with Gasteiger partial charge in [-0.15, -0.1) is 0 Å². The van der Waals surface area contributed by atoms with Crippen LogP contribution in [-0.4, -0.2) is 142 Å². The summed E-state index contributed by atoms with van der Waals surface area (Å²) in [4.78, 5) is 0. The van der Waals surface area contributed by atoms with Crippen molar-refractivity contribution in [3.63, 3.8) is 0 Å². The standard InChI is InChI=1S/7Mo.8H2O.18HO/h;;;;;;;8*1H2;18*1H. The Hall–Kier alpha value is 3.78. The van der Waals surface area contributed by atoms with Crippen molar-refractivity contribution in [3.05, 3.63) is 0 Å². The second-order valence-electron chi connectivity index (χ2n) is 0. The Morgan fingerprint density at radius 3 is 0.0909 bits per heavy atom. The van der Waals surface area contributed by atoms with Crippen LogP contribution in [0.25, 0.3) is 0 Å². The minimum atomic E-state index is 0. The normalized spacial score (nSPS) is 0. The Kier molecular flexibility index (Phi) is 303000. The van der Waals surface area contributed by atoms with E-state index in [-0.39, 0.29) is 290 Å². The number of hydrogen-bond acceptors (Lipinski definition) is 0. The smallest absolute Gasteiger partial charge is 0 e. The first-order valence-electron chi connectivity index (χ1n) is 0. The first-order valence-corrected chi connectivity index (χ1v) is 0. The fourth-order valence-electron chi connectivity index (χ4n) is 0. The molecule has 0 aromatic rings. The van der Waals surface area contributed by atoms with E-state index in [4.69, 9.17) is 0 Å². The van der Waals surface area contributed by atoms with E-state index >= 15 is 0 Å². The summed E-state index contributed by atoms with van der Waals surface area (Å²) in [5.41, 5.74) is 0. The third-order valence-corrected chi connectivity index (χ3v) is 0. The van der Waals surface area contributed by atoms with Gasteiger partial charge in [-0.25, -0.2) is 0 Å². The van der Waals surface area contributed by atoms with Crippen molar-refractivity contribution in [2.24, 2.45) is 0 Å². The second kappa shape index (κ2) is 3030. The molecule has 0 rings (SSSR count). The summed E-state index contributed by atoms with van der Waals surface area (Å²) in [6.45, 7) is 0. The predicted octanol–water partition coefficient (Wildman–Crippen LogP) is -9.80. The largest absolute Gasteiger partial charge is 0.412 e. The maximum atomic E-state index is 0. The molecular formula is H34Mo7O26. The minimum absolute atomic E-state index is 0. The van der Waals surface area contributed by atoms with Gasteiger partial charge in [0.25, 0.3) is 0 Å². The van der Waals surface area contributed by atoms with Gasteiger partial charge in [0, 0.05) is 147 Å². The van der Waals surface area contributed by atoms with Gasteiger partial charge in [-0.3, -0.25) is 98.6 Å². The van der Waals surface area contributed by atoms with E-state index in [1.165, 1.54) is 0 Å². The Morgan fingerprint density at radius 1 is 0.0909 bits per heavy atom. The van der Waals surface area contributed by atoms with Gasteiger partial charge in [0.15, 0.2) is 0 Å². The van der Waals surface area contributed by atoms with Crippen molar-refractivity contribution >= 4 is 0 Å². The molecule has 33 heteroatoms. The maximum Gasteiger partial charge on any atom is 0 e. The van der Waals surface area contributed by atoms with Crippen molar-refractivity contribution in [2.45, 2.75) is 0 Å². The van der Waals surface area contributed by atoms with Gasteiger partial charge in [0.2, 0.25) is 0 Å². The van der Waals surface area contributed by atoms with E-state index in [1.807, 2.05) is 0 Å². The van der Waals surface area contributed by atoms with Crippen LogP contribution in [0.4, 0.5) is 0 Å². The number of hydrogen-bond donors (Lipinski definition) is 18. The molecule has 0 aliphatic rings. The molecule has 26 nitrogen and oxygen atoms in total. The van der Waals surface area contributed by atoms with Crippen molar-refractivity contribution in [2.75, 3.05) is 0 Å². The monoisotopic (exact) mass is 1140 g/mol. The summed E-state index contributed by atoms with van der Waals surface area (Å²) in [5.74, 6) is 0. The molecule has 0 fully saturated rings. The predicted molar refractivity (Wildman–Crippen MR) is 63.8 cm³/mol. The summed E-state index contributed by atoms with van der Waals surface area (Å²) in [6.07, 6.45) is 0. The maximum absolute atomic E-state index is 0. The molecule has 0 aromatic heterocycles. The van der Waals surface area contributed by atoms with Gasteiger partial charge in [0.1, 0.15) is 0 Å². The van der Waals surface area contributed by atoms with Crippen LogP contribution in [0.5, 0.6) is 0 Å². The molecule has 0 bridgehead atoms. The summed E-state index contributed by atoms with van der Waals surface area (Å²) in [7, 11) is 0. The molecule has 34 N–H and O–H groups in total. The average Bonchev–Trinajstić information content (AvgIpc) is 0. The van der Waals surface area contributed by atoms with E-state index in [0.717, 1.165) is 0 Å². The molecule has 0 unspecified atom stereocenters. The van der Waals surface area contributed by atoms with Crippen molar-refractivity contribution in [1.82, 2.24) is 0 Å². The van der Waals surface area contributed by atoms with Gasteiger partial charge < -0.3 is 43.8 Å². The third kappa shape index (κ3) is 2860. The van der Waals surface area contributed by atoms with Crippen LogP contribution >= 0.6 is 0 Å². The molecule has 232 valence electrons. The van der Waals surface area contributed by atoms with E-state index in [2.05, 4.69) is 0 Å². The topological polar surface area (TPSA) is 792 Å². The Morgan fingerprint density at radius 2 is 0.0909 bits per heavy atom. The van der Waals surface area contributed by atoms with Gasteiger partial charge in [-0.05, 0) is 0 Å². The molecule has 0 spiro atoms. The first-order chi connectivity index (χ1) is 0. The van der Waals surface area contributed by atoms with Gasteiger partial charge >= 0.3 is 0 Å². The van der Waals surface area contributed by atoms with E-state index in [9.17, 15) is 0 Å². The molecule has 33 heavy (non-hydrogen) atoms. The molecule has 0 aliphatic carbocycles. The summed E-state index contributed by atoms with van der Waals surface area (Å²) in [6, 6.07) is 0. The van der Waals surface area contributed by atoms with Crippen molar-refractivity contribution < 1.29 is 290 Å². The average molecular weight is 1120 g/mol. The van der Waals surface area contributed by atoms with Crippen LogP contribution in [0.3, 0.4) is 0 Å². The summed E-state index contributed by atoms with van der Waals surface area (Å²) in [5, 5.41) is 0. The zero-order valence-electron chi connectivity index (χ0n) is 14.9. The van der Waals surface area contributed by atoms with Crippen LogP contribution < -0.4 is 0 Å². The van der Waals surface area contributed by atoms with Crippen LogP contribution in [0.2, 0.25) is 0 Å². The summed E-state index contributed by atoms with van der Waals surface area (Å²) >= 11 is 0. The van der Waals surface area contributed by atoms with E-state index in [0.29, 0.717) is 0 Å². The molecule has 18 radical (unpaired) electrons. The van der Waals surface area contributed by atoms with Crippen LogP contribution in [0.1, 0.15) is 0 Å². The fraction of sp³-hybridized carbons (Fsp3) is 0. The first kappa shape index (κ1) is 3300. The SMILES string of the molecule is O.O.O.O.O.O.O.O.[Mo].[Mo].[Mo].[Mo].[Mo].[Mo].[Mo].[OH].[OH].[OH].[OH].[OH].[OH].[OH].[OH].[OH].[OH].[OH].[OH].[OH].[OH].[OH].[OH].[OH].[OH]. The molecule has 0 aliphatic heterocycles. The quantitative estimate of drug-likeness (QED) is 0.101. The Bertz CT molecular complexity index is 24.6. The third-order valence-electron chi connectivity index (χ3n) is 0. The fourth-order valence-corrected chi connectivity index (χ4v) is 0. The van der Waals surface area contributed by atoms with Crippen LogP contribution in [0, 0.1) is 0 Å². The molecule has 0 heterocycles. The molecule has 0 aromatic carbocycles. The molecular weight excluding hydrogens is 1090 g/mol. The van der Waals surface area contributed by atoms with Gasteiger partial charge in [0.05, 0.1) is 0 Å². The Labute approximate surface area is 287 Å². The zero-order valence-corrected chi connectivity index (χ0v) is 29.0. The van der Waals surface area contributed by atoms with E-state index in [1.54, 1.807) is 0 Å². The minimum Gasteiger partial charge on any atom is -0.412 e. The van der Waals surface area contributed by atoms with Crippen molar-refractivity contribution in [1.29, 1.82) is 0 Å². The van der Waals surface area contributed by atoms with Gasteiger partial charge in [-0.2, -0.15) is 0 Å². The molecule has 0 amide bonds. The van der Waals surface area contributed by atoms with Gasteiger partial charge in [-0.1, -0.05) is 0 Å². The van der Waals surface area contributed by atoms with Crippen LogP contribution in [0.15, 0.2) is 0 Å². The molecule has 0 saturated heterocycles. The molecule has 0 saturated carbocycles. The molecule has 0 atom stereocenters. The van der Waals surface area contributed by atoms with E-state index < -0.39 is 0 Å². The van der Waals surface area contributed by atoms with Crippen LogP contribution in [-0.2, 0) is 147 Å². The van der Waals surface area contributed by atoms with Crippen molar-refractivity contribution in [3.8, 4) is 0 Å². The zero-order chi connectivity index (χ0) is 0. The Balaban J connectivity index is 0. The summed E-state index contributed by atoms with van der Waals surface area (Å²) < 4.78 is 0. The number of rotatable bonds is 0.